The highest BCUT2D eigenvalue weighted by Gasteiger charge is 2.23. The van der Waals surface area contributed by atoms with E-state index >= 15 is 0 Å². The second-order valence-corrected chi connectivity index (χ2v) is 4.30. The van der Waals surface area contributed by atoms with Gasteiger partial charge in [0.05, 0.1) is 9.80 Å². The van der Waals surface area contributed by atoms with E-state index in [0.29, 0.717) is 4.88 Å². The van der Waals surface area contributed by atoms with Crippen molar-refractivity contribution in [2.45, 2.75) is 6.92 Å². The summed E-state index contributed by atoms with van der Waals surface area (Å²) in [5.41, 5.74) is 0.456. The molecule has 0 aliphatic heterocycles. The van der Waals surface area contributed by atoms with Gasteiger partial charge in [0.2, 0.25) is 5.28 Å². The molecule has 16 heavy (non-hydrogen) atoms. The van der Waals surface area contributed by atoms with Gasteiger partial charge in [0.25, 0.3) is 0 Å². The van der Waals surface area contributed by atoms with E-state index in [1.807, 2.05) is 5.38 Å². The maximum Gasteiger partial charge on any atom is 0.317 e. The third-order valence-corrected chi connectivity index (χ3v) is 3.01. The maximum atomic E-state index is 10.9. The van der Waals surface area contributed by atoms with Crippen LogP contribution in [0.1, 0.15) is 5.69 Å². The van der Waals surface area contributed by atoms with Gasteiger partial charge in [0.15, 0.2) is 5.69 Å². The Morgan fingerprint density at radius 2 is 2.25 bits per heavy atom. The Bertz CT molecular complexity index is 542. The van der Waals surface area contributed by atoms with Crippen LogP contribution in [0.4, 0.5) is 5.69 Å². The van der Waals surface area contributed by atoms with Crippen LogP contribution in [0.5, 0.6) is 0 Å². The van der Waals surface area contributed by atoms with Gasteiger partial charge in [0.1, 0.15) is 5.69 Å². The molecule has 0 fully saturated rings. The molecule has 82 valence electrons. The zero-order valence-corrected chi connectivity index (χ0v) is 9.75. The number of hydrogen-bond donors (Lipinski definition) is 0. The monoisotopic (exact) mass is 255 g/mol. The van der Waals surface area contributed by atoms with Crippen LogP contribution in [0.2, 0.25) is 5.28 Å². The number of aryl methyl sites for hydroxylation is 1. The number of thiophene rings is 1. The quantitative estimate of drug-likeness (QED) is 0.470. The van der Waals surface area contributed by atoms with E-state index < -0.39 is 4.92 Å². The lowest BCUT2D eigenvalue weighted by Crippen LogP contribution is -2.00. The normalized spacial score (nSPS) is 10.4. The van der Waals surface area contributed by atoms with Crippen LogP contribution in [0.15, 0.2) is 17.5 Å². The molecule has 0 amide bonds. The van der Waals surface area contributed by atoms with Crippen molar-refractivity contribution in [3.8, 4) is 10.6 Å². The van der Waals surface area contributed by atoms with Gasteiger partial charge in [0, 0.05) is 0 Å². The largest absolute Gasteiger partial charge is 0.317 e. The fourth-order valence-electron chi connectivity index (χ4n) is 1.34. The maximum absolute atomic E-state index is 10.9. The van der Waals surface area contributed by atoms with Crippen molar-refractivity contribution >= 4 is 28.6 Å². The van der Waals surface area contributed by atoms with Crippen molar-refractivity contribution in [1.29, 1.82) is 0 Å². The molecule has 2 heterocycles. The Morgan fingerprint density at radius 1 is 1.50 bits per heavy atom. The first-order chi connectivity index (χ1) is 7.59. The van der Waals surface area contributed by atoms with Gasteiger partial charge in [-0.2, -0.15) is 0 Å². The minimum atomic E-state index is -0.485. The fraction of sp³-hybridized carbons (Fsp3) is 0.111. The minimum absolute atomic E-state index is 0.0199. The summed E-state index contributed by atoms with van der Waals surface area (Å²) in [6.45, 7) is 1.54. The van der Waals surface area contributed by atoms with Gasteiger partial charge in [-0.3, -0.25) is 10.1 Å². The second kappa shape index (κ2) is 4.15. The lowest BCUT2D eigenvalue weighted by Gasteiger charge is -2.02. The molecule has 2 aromatic rings. The molecule has 0 atom stereocenters. The summed E-state index contributed by atoms with van der Waals surface area (Å²) in [5, 5.41) is 12.8. The van der Waals surface area contributed by atoms with Crippen molar-refractivity contribution in [2.24, 2.45) is 0 Å². The molecule has 0 aromatic carbocycles. The predicted octanol–water partition coefficient (Wildman–Crippen LogP) is 3.08. The van der Waals surface area contributed by atoms with E-state index in [1.54, 1.807) is 19.1 Å². The van der Waals surface area contributed by atoms with Crippen LogP contribution in [-0.4, -0.2) is 14.9 Å². The number of nitro groups is 1. The first kappa shape index (κ1) is 11.0. The van der Waals surface area contributed by atoms with Gasteiger partial charge in [-0.1, -0.05) is 6.07 Å². The third-order valence-electron chi connectivity index (χ3n) is 1.97. The van der Waals surface area contributed by atoms with Crippen molar-refractivity contribution in [1.82, 2.24) is 9.97 Å². The summed E-state index contributed by atoms with van der Waals surface area (Å²) in [4.78, 5) is 18.9. The summed E-state index contributed by atoms with van der Waals surface area (Å²) in [6.07, 6.45) is 0. The molecule has 0 saturated carbocycles. The Morgan fingerprint density at radius 3 is 2.81 bits per heavy atom. The number of nitrogens with zero attached hydrogens (tertiary/aromatic N) is 3. The molecule has 0 aliphatic rings. The molecule has 0 saturated heterocycles. The Balaban J connectivity index is 2.72. The highest BCUT2D eigenvalue weighted by atomic mass is 35.5. The van der Waals surface area contributed by atoms with Crippen LogP contribution < -0.4 is 0 Å². The van der Waals surface area contributed by atoms with E-state index in [2.05, 4.69) is 9.97 Å². The molecule has 2 rings (SSSR count). The number of rotatable bonds is 2. The van der Waals surface area contributed by atoms with Crippen LogP contribution >= 0.6 is 22.9 Å². The van der Waals surface area contributed by atoms with Crippen LogP contribution in [0.3, 0.4) is 0 Å². The lowest BCUT2D eigenvalue weighted by atomic mass is 10.2. The number of aromatic nitrogens is 2. The molecule has 0 aliphatic carbocycles. The molecular weight excluding hydrogens is 250 g/mol. The van der Waals surface area contributed by atoms with Gasteiger partial charge < -0.3 is 0 Å². The average Bonchev–Trinajstić information content (AvgIpc) is 2.67. The van der Waals surface area contributed by atoms with Crippen molar-refractivity contribution < 1.29 is 4.92 Å². The van der Waals surface area contributed by atoms with E-state index in [-0.39, 0.29) is 22.4 Å². The zero-order chi connectivity index (χ0) is 11.7. The molecule has 2 aromatic heterocycles. The summed E-state index contributed by atoms with van der Waals surface area (Å²) < 4.78 is 0. The summed E-state index contributed by atoms with van der Waals surface area (Å²) in [7, 11) is 0. The van der Waals surface area contributed by atoms with E-state index in [1.165, 1.54) is 11.3 Å². The van der Waals surface area contributed by atoms with E-state index in [9.17, 15) is 10.1 Å². The molecule has 0 radical (unpaired) electrons. The SMILES string of the molecule is Cc1nc(Cl)nc(-c2cccs2)c1[N+](=O)[O-]. The van der Waals surface area contributed by atoms with Gasteiger partial charge in [-0.05, 0) is 30.0 Å². The highest BCUT2D eigenvalue weighted by Crippen LogP contribution is 2.33. The Kier molecular flexibility index (Phi) is 2.84. The first-order valence-electron chi connectivity index (χ1n) is 4.32. The van der Waals surface area contributed by atoms with Crippen molar-refractivity contribution in [3.05, 3.63) is 38.6 Å². The lowest BCUT2D eigenvalue weighted by molar-refractivity contribution is -0.385. The highest BCUT2D eigenvalue weighted by molar-refractivity contribution is 7.13. The topological polar surface area (TPSA) is 68.9 Å². The molecule has 0 unspecified atom stereocenters. The number of hydrogen-bond acceptors (Lipinski definition) is 5. The molecular formula is C9H6ClN3O2S. The molecule has 0 bridgehead atoms. The smallest absolute Gasteiger partial charge is 0.258 e. The van der Waals surface area contributed by atoms with Crippen LogP contribution in [0.25, 0.3) is 10.6 Å². The van der Waals surface area contributed by atoms with Crippen molar-refractivity contribution in [3.63, 3.8) is 0 Å². The minimum Gasteiger partial charge on any atom is -0.258 e. The molecule has 0 spiro atoms. The first-order valence-corrected chi connectivity index (χ1v) is 5.57. The zero-order valence-electron chi connectivity index (χ0n) is 8.18. The summed E-state index contributed by atoms with van der Waals surface area (Å²) in [5.74, 6) is 0. The van der Waals surface area contributed by atoms with E-state index in [0.717, 1.165) is 0 Å². The Hall–Kier alpha value is -1.53. The summed E-state index contributed by atoms with van der Waals surface area (Å²) >= 11 is 7.08. The molecule has 7 heteroatoms. The standard InChI is InChI=1S/C9H6ClN3O2S/c1-5-8(13(14)15)7(12-9(10)11-5)6-3-2-4-16-6/h2-4H,1H3. The summed E-state index contributed by atoms with van der Waals surface area (Å²) in [6, 6.07) is 3.56. The van der Waals surface area contributed by atoms with Gasteiger partial charge in [-0.15, -0.1) is 11.3 Å². The van der Waals surface area contributed by atoms with Gasteiger partial charge in [-0.25, -0.2) is 9.97 Å². The Labute approximate surface area is 99.9 Å². The van der Waals surface area contributed by atoms with Crippen LogP contribution in [-0.2, 0) is 0 Å². The average molecular weight is 256 g/mol. The van der Waals surface area contributed by atoms with Crippen molar-refractivity contribution in [2.75, 3.05) is 0 Å². The fourth-order valence-corrected chi connectivity index (χ4v) is 2.26. The molecule has 0 N–H and O–H groups in total. The molecule has 5 nitrogen and oxygen atoms in total. The third kappa shape index (κ3) is 1.89. The van der Waals surface area contributed by atoms with E-state index in [4.69, 9.17) is 11.6 Å². The van der Waals surface area contributed by atoms with Gasteiger partial charge >= 0.3 is 5.69 Å². The number of halogens is 1. The predicted molar refractivity (Wildman–Crippen MR) is 61.7 cm³/mol. The van der Waals surface area contributed by atoms with Crippen LogP contribution in [0, 0.1) is 17.0 Å². The second-order valence-electron chi connectivity index (χ2n) is 3.01.